The molecule has 0 saturated carbocycles. The molecule has 0 fully saturated rings. The largest absolute Gasteiger partial charge is 0.310 e. The Morgan fingerprint density at radius 3 is 1.20 bits per heavy atom. The number of rotatable bonds is 9. The summed E-state index contributed by atoms with van der Waals surface area (Å²) in [6.45, 7) is 7.61. The van der Waals surface area contributed by atoms with Crippen molar-refractivity contribution in [3.05, 3.63) is 375 Å². The van der Waals surface area contributed by atoms with Crippen molar-refractivity contribution in [2.45, 2.75) is 0 Å². The number of hydrogen-bond acceptors (Lipinski definition) is 4. The van der Waals surface area contributed by atoms with Crippen LogP contribution in [0.4, 0.5) is 5.69 Å². The molecule has 0 saturated heterocycles. The summed E-state index contributed by atoms with van der Waals surface area (Å²) >= 11 is 0. The van der Waals surface area contributed by atoms with Gasteiger partial charge in [0.05, 0.1) is 51.8 Å². The molecule has 0 aliphatic carbocycles. The second kappa shape index (κ2) is 24.9. The minimum atomic E-state index is 0.635. The van der Waals surface area contributed by atoms with Gasteiger partial charge in [-0.1, -0.05) is 194 Å². The van der Waals surface area contributed by atoms with E-state index in [2.05, 4.69) is 310 Å². The third-order valence-electron chi connectivity index (χ3n) is 21.9. The lowest BCUT2D eigenvalue weighted by Gasteiger charge is -2.15. The van der Waals surface area contributed by atoms with Crippen LogP contribution >= 0.6 is 0 Å². The monoisotopic (exact) mass is 1370 g/mol. The minimum Gasteiger partial charge on any atom is -0.310 e. The Hall–Kier alpha value is -14.9. The van der Waals surface area contributed by atoms with Crippen molar-refractivity contribution in [3.63, 3.8) is 0 Å². The summed E-state index contributed by atoms with van der Waals surface area (Å²) in [5, 5.41) is 31.9. The lowest BCUT2D eigenvalue weighted by Crippen LogP contribution is -1.93. The summed E-state index contributed by atoms with van der Waals surface area (Å²) in [6, 6.07) is 124. The smallest absolute Gasteiger partial charge is 0.189 e. The van der Waals surface area contributed by atoms with Crippen LogP contribution in [0, 0.1) is 17.9 Å². The van der Waals surface area contributed by atoms with Gasteiger partial charge in [-0.05, 0) is 260 Å². The summed E-state index contributed by atoms with van der Waals surface area (Å²) in [4.78, 5) is 17.9. The Labute approximate surface area is 621 Å². The predicted molar refractivity (Wildman–Crippen MR) is 449 cm³/mol. The molecule has 0 aliphatic rings. The fourth-order valence-electron chi connectivity index (χ4n) is 16.8. The summed E-state index contributed by atoms with van der Waals surface area (Å²) < 4.78 is 4.54. The van der Waals surface area contributed by atoms with Gasteiger partial charge in [0.25, 0.3) is 0 Å². The zero-order valence-electron chi connectivity index (χ0n) is 58.2. The first-order chi connectivity index (χ1) is 53.4. The van der Waals surface area contributed by atoms with E-state index in [-0.39, 0.29) is 0 Å². The van der Waals surface area contributed by atoms with E-state index >= 15 is 0 Å². The SMILES string of the molecule is N#Cc1ccc2c3ccc(-c4cccc(-c5cc6ccc7cc(-c8cccc(-c9ccncc9)n8)cc8ccc(c5)c6c78)c4)cc3n(-c3ccccc3)c2c1.[C-]#[N+]c1ccc2c3ccc(-c4ccc(-c5cc6ccc7cc(-c8ccc9ccccc9c8)cc8ccc(c5)c6c78)nc4)cc3n(-c3ccccc3)c2c1. The average Bonchev–Trinajstić information content (AvgIpc) is 1.15. The average molecular weight is 1370 g/mol. The summed E-state index contributed by atoms with van der Waals surface area (Å²) in [5.41, 5.74) is 23.1. The number of aromatic nitrogens is 5. The van der Waals surface area contributed by atoms with Gasteiger partial charge in [0.15, 0.2) is 5.69 Å². The third kappa shape index (κ3) is 10.4. The van der Waals surface area contributed by atoms with Gasteiger partial charge in [-0.15, -0.1) is 0 Å². The van der Waals surface area contributed by atoms with Gasteiger partial charge < -0.3 is 9.13 Å². The van der Waals surface area contributed by atoms with Crippen molar-refractivity contribution in [2.75, 3.05) is 0 Å². The topological polar surface area (TPSA) is 76.7 Å². The molecule has 498 valence electrons. The Bertz CT molecular complexity index is 7360. The van der Waals surface area contributed by atoms with Crippen LogP contribution in [0.1, 0.15) is 5.56 Å². The number of para-hydroxylation sites is 2. The molecule has 22 aromatic rings. The number of benzene rings is 17. The zero-order chi connectivity index (χ0) is 71.5. The number of nitrogens with zero attached hydrogens (tertiary/aromatic N) is 7. The van der Waals surface area contributed by atoms with Gasteiger partial charge in [-0.2, -0.15) is 5.26 Å². The minimum absolute atomic E-state index is 0.635. The van der Waals surface area contributed by atoms with Crippen molar-refractivity contribution in [2.24, 2.45) is 0 Å². The summed E-state index contributed by atoms with van der Waals surface area (Å²) in [7, 11) is 0. The lowest BCUT2D eigenvalue weighted by molar-refractivity contribution is 1.18. The quantitative estimate of drug-likeness (QED) is 0.107. The van der Waals surface area contributed by atoms with E-state index in [4.69, 9.17) is 16.5 Å². The number of nitriles is 1. The van der Waals surface area contributed by atoms with Crippen molar-refractivity contribution in [1.82, 2.24) is 24.1 Å². The van der Waals surface area contributed by atoms with E-state index in [1.54, 1.807) is 12.4 Å². The van der Waals surface area contributed by atoms with Crippen LogP contribution < -0.4 is 0 Å². The van der Waals surface area contributed by atoms with Crippen LogP contribution in [0.15, 0.2) is 358 Å². The normalized spacial score (nSPS) is 11.7. The number of pyridine rings is 3. The van der Waals surface area contributed by atoms with Crippen molar-refractivity contribution >= 4 is 125 Å². The molecule has 0 unspecified atom stereocenters. The van der Waals surface area contributed by atoms with Gasteiger partial charge in [-0.3, -0.25) is 9.97 Å². The Morgan fingerprint density at radius 1 is 0.278 bits per heavy atom. The second-order valence-corrected chi connectivity index (χ2v) is 28.1. The predicted octanol–water partition coefficient (Wildman–Crippen LogP) is 26.8. The second-order valence-electron chi connectivity index (χ2n) is 28.1. The fourth-order valence-corrected chi connectivity index (χ4v) is 16.8. The maximum Gasteiger partial charge on any atom is 0.189 e. The molecule has 0 atom stereocenters. The molecule has 17 aromatic carbocycles. The van der Waals surface area contributed by atoms with E-state index in [0.717, 1.165) is 111 Å². The molecule has 7 heteroatoms. The Kier molecular flexibility index (Phi) is 14.3. The van der Waals surface area contributed by atoms with E-state index in [1.807, 2.05) is 60.8 Å². The van der Waals surface area contributed by atoms with E-state index < -0.39 is 0 Å². The van der Waals surface area contributed by atoms with Crippen LogP contribution in [0.25, 0.3) is 214 Å². The molecule has 0 N–H and O–H groups in total. The molecule has 0 amide bonds. The molecule has 5 aromatic heterocycles. The molecule has 0 spiro atoms. The Balaban J connectivity index is 0.000000138. The van der Waals surface area contributed by atoms with Gasteiger partial charge in [-0.25, -0.2) is 9.83 Å². The van der Waals surface area contributed by atoms with Crippen LogP contribution in [0.3, 0.4) is 0 Å². The van der Waals surface area contributed by atoms with Crippen LogP contribution in [-0.4, -0.2) is 24.1 Å². The van der Waals surface area contributed by atoms with Crippen LogP contribution in [0.5, 0.6) is 0 Å². The highest BCUT2D eigenvalue weighted by atomic mass is 15.0. The summed E-state index contributed by atoms with van der Waals surface area (Å²) in [6.07, 6.45) is 5.60. The molecule has 5 heterocycles. The molecule has 22 rings (SSSR count). The molecule has 108 heavy (non-hydrogen) atoms. The molecule has 0 aliphatic heterocycles. The van der Waals surface area contributed by atoms with E-state index in [1.165, 1.54) is 97.7 Å². The van der Waals surface area contributed by atoms with Crippen molar-refractivity contribution in [3.8, 4) is 95.7 Å². The van der Waals surface area contributed by atoms with Gasteiger partial charge in [0.2, 0.25) is 0 Å². The Morgan fingerprint density at radius 2 is 0.676 bits per heavy atom. The first kappa shape index (κ1) is 61.7. The highest BCUT2D eigenvalue weighted by molar-refractivity contribution is 6.26. The van der Waals surface area contributed by atoms with Crippen LogP contribution in [-0.2, 0) is 0 Å². The lowest BCUT2D eigenvalue weighted by atomic mass is 9.89. The van der Waals surface area contributed by atoms with Crippen molar-refractivity contribution in [1.29, 1.82) is 5.26 Å². The van der Waals surface area contributed by atoms with Gasteiger partial charge in [0, 0.05) is 79.3 Å². The standard InChI is InChI=1S/C51H30N4.C50H29N3/c52-31-32-12-18-44-45-19-17-36(30-49(45)55(48(44)24-32)43-8-2-1-3-9-43)34-6-4-7-35(25-34)41-26-37-13-15-39-28-42(29-40-16-14-38(27-41)50(37)51(39)40)47-11-5-10-46(54-47)33-20-22-53-23-21-33;1-51-42-19-21-45-44-20-17-34(28-47(44)53(48(45)29-42)43-9-3-2-4-10-43)39-18-22-46(52-30-39)41-26-37-15-13-35-24-40(25-36-14-16-38(27-41)50(37)49(35)36)33-12-11-31-7-5-6-8-32(31)23-33/h1-30H;2-30H. The molecule has 7 nitrogen and oxygen atoms in total. The number of fused-ring (bicyclic) bond motifs is 7. The zero-order valence-corrected chi connectivity index (χ0v) is 58.2. The van der Waals surface area contributed by atoms with Crippen LogP contribution in [0.2, 0.25) is 0 Å². The summed E-state index contributed by atoms with van der Waals surface area (Å²) in [5.74, 6) is 0. The third-order valence-corrected chi connectivity index (χ3v) is 21.9. The molecular formula is C101H59N7. The van der Waals surface area contributed by atoms with Gasteiger partial charge >= 0.3 is 0 Å². The highest BCUT2D eigenvalue weighted by Gasteiger charge is 2.20. The van der Waals surface area contributed by atoms with Gasteiger partial charge in [0.1, 0.15) is 0 Å². The molecule has 0 radical (unpaired) electrons. The fraction of sp³-hybridized carbons (Fsp3) is 0. The van der Waals surface area contributed by atoms with E-state index in [9.17, 15) is 5.26 Å². The first-order valence-electron chi connectivity index (χ1n) is 36.3. The highest BCUT2D eigenvalue weighted by Crippen LogP contribution is 2.45. The number of hydrogen-bond donors (Lipinski definition) is 0. The maximum absolute atomic E-state index is 9.71. The molecular weight excluding hydrogens is 1310 g/mol. The van der Waals surface area contributed by atoms with E-state index in [0.29, 0.717) is 11.3 Å². The molecule has 0 bridgehead atoms. The maximum atomic E-state index is 9.71. The van der Waals surface area contributed by atoms with Crippen molar-refractivity contribution < 1.29 is 0 Å². The first-order valence-corrected chi connectivity index (χ1v) is 36.3.